The highest BCUT2D eigenvalue weighted by Gasteiger charge is 2.33. The quantitative estimate of drug-likeness (QED) is 0.620. The van der Waals surface area contributed by atoms with Gasteiger partial charge in [-0.05, 0) is 55.8 Å². The van der Waals surface area contributed by atoms with E-state index in [9.17, 15) is 14.4 Å². The maximum atomic E-state index is 12.2. The highest BCUT2D eigenvalue weighted by Crippen LogP contribution is 2.24. The zero-order chi connectivity index (χ0) is 18.3. The number of imide groups is 2. The first-order valence-electron chi connectivity index (χ1n) is 7.59. The number of aromatic nitrogens is 1. The minimum Gasteiger partial charge on any atom is -0.318 e. The molecule has 0 radical (unpaired) electrons. The topological polar surface area (TPSA) is 71.4 Å². The molecule has 2 aromatic rings. The molecule has 128 valence electrons. The van der Waals surface area contributed by atoms with Gasteiger partial charge < -0.3 is 4.57 Å². The van der Waals surface area contributed by atoms with Crippen molar-refractivity contribution in [1.29, 1.82) is 0 Å². The lowest BCUT2D eigenvalue weighted by atomic mass is 10.1. The van der Waals surface area contributed by atoms with Crippen LogP contribution in [0.5, 0.6) is 0 Å². The molecule has 2 heterocycles. The van der Waals surface area contributed by atoms with Crippen LogP contribution in [0.4, 0.5) is 4.79 Å². The summed E-state index contributed by atoms with van der Waals surface area (Å²) in [4.78, 5) is 36.6. The number of carbonyl (C=O) groups is 3. The summed E-state index contributed by atoms with van der Waals surface area (Å²) in [6.07, 6.45) is 1.53. The normalized spacial score (nSPS) is 16.6. The number of aryl methyl sites for hydroxylation is 1. The van der Waals surface area contributed by atoms with Gasteiger partial charge in [0.15, 0.2) is 0 Å². The third kappa shape index (κ3) is 3.02. The molecule has 0 atom stereocenters. The van der Waals surface area contributed by atoms with Gasteiger partial charge in [0.2, 0.25) is 0 Å². The smallest absolute Gasteiger partial charge is 0.318 e. The van der Waals surface area contributed by atoms with Crippen LogP contribution in [0.1, 0.15) is 17.0 Å². The molecule has 1 aliphatic heterocycles. The van der Waals surface area contributed by atoms with Crippen molar-refractivity contribution in [2.45, 2.75) is 13.8 Å². The average molecular weight is 402 g/mol. The van der Waals surface area contributed by atoms with Crippen LogP contribution < -0.4 is 5.32 Å². The highest BCUT2D eigenvalue weighted by molar-refractivity contribution is 9.10. The first-order chi connectivity index (χ1) is 11.8. The molecule has 0 saturated carbocycles. The van der Waals surface area contributed by atoms with E-state index in [1.807, 2.05) is 48.7 Å². The van der Waals surface area contributed by atoms with Crippen LogP contribution in [-0.2, 0) is 9.59 Å². The first-order valence-corrected chi connectivity index (χ1v) is 8.39. The van der Waals surface area contributed by atoms with Gasteiger partial charge in [-0.15, -0.1) is 0 Å². The maximum absolute atomic E-state index is 12.2. The van der Waals surface area contributed by atoms with Gasteiger partial charge in [-0.1, -0.05) is 15.9 Å². The summed E-state index contributed by atoms with van der Waals surface area (Å²) >= 11 is 3.42. The van der Waals surface area contributed by atoms with Crippen LogP contribution in [0.25, 0.3) is 11.8 Å². The number of likely N-dealkylation sites (N-methyl/N-ethyl adjacent to an activating group) is 1. The fourth-order valence-electron chi connectivity index (χ4n) is 2.82. The lowest BCUT2D eigenvalue weighted by molar-refractivity contribution is -0.129. The molecule has 1 N–H and O–H groups in total. The van der Waals surface area contributed by atoms with Gasteiger partial charge in [0.25, 0.3) is 11.8 Å². The molecule has 1 fully saturated rings. The van der Waals surface area contributed by atoms with Gasteiger partial charge >= 0.3 is 6.03 Å². The summed E-state index contributed by atoms with van der Waals surface area (Å²) in [5.41, 5.74) is 3.54. The van der Waals surface area contributed by atoms with Crippen LogP contribution >= 0.6 is 15.9 Å². The Morgan fingerprint density at radius 2 is 1.72 bits per heavy atom. The second-order valence-corrected chi connectivity index (χ2v) is 6.74. The van der Waals surface area contributed by atoms with E-state index in [0.717, 1.165) is 32.0 Å². The summed E-state index contributed by atoms with van der Waals surface area (Å²) in [5, 5.41) is 2.16. The molecule has 0 spiro atoms. The predicted octanol–water partition coefficient (Wildman–Crippen LogP) is 2.95. The number of hydrogen-bond donors (Lipinski definition) is 1. The number of urea groups is 1. The third-order valence-corrected chi connectivity index (χ3v) is 4.69. The van der Waals surface area contributed by atoms with Crippen molar-refractivity contribution in [3.8, 4) is 5.69 Å². The SMILES string of the molecule is Cc1cc(/C=C2\C(=O)NC(=O)N(C)C2=O)c(C)n1-c1ccc(Br)cc1. The molecule has 7 heteroatoms. The molecule has 1 aliphatic rings. The minimum atomic E-state index is -0.715. The van der Waals surface area contributed by atoms with Crippen molar-refractivity contribution in [3.63, 3.8) is 0 Å². The molecule has 6 nitrogen and oxygen atoms in total. The molecular formula is C18H16BrN3O3. The third-order valence-electron chi connectivity index (χ3n) is 4.16. The molecule has 1 aromatic carbocycles. The molecule has 1 aromatic heterocycles. The van der Waals surface area contributed by atoms with E-state index in [4.69, 9.17) is 0 Å². The Bertz CT molecular complexity index is 926. The van der Waals surface area contributed by atoms with Crippen LogP contribution in [0.15, 0.2) is 40.4 Å². The largest absolute Gasteiger partial charge is 0.331 e. The zero-order valence-electron chi connectivity index (χ0n) is 14.0. The fourth-order valence-corrected chi connectivity index (χ4v) is 3.09. The van der Waals surface area contributed by atoms with Crippen LogP contribution in [-0.4, -0.2) is 34.4 Å². The van der Waals surface area contributed by atoms with E-state index in [-0.39, 0.29) is 5.57 Å². The summed E-state index contributed by atoms with van der Waals surface area (Å²) in [6, 6.07) is 9.04. The summed E-state index contributed by atoms with van der Waals surface area (Å²) in [6.45, 7) is 3.87. The molecule has 4 amide bonds. The van der Waals surface area contributed by atoms with Crippen molar-refractivity contribution in [2.24, 2.45) is 0 Å². The number of nitrogens with one attached hydrogen (secondary N) is 1. The van der Waals surface area contributed by atoms with Crippen molar-refractivity contribution in [1.82, 2.24) is 14.8 Å². The van der Waals surface area contributed by atoms with Gasteiger partial charge in [-0.2, -0.15) is 0 Å². The predicted molar refractivity (Wildman–Crippen MR) is 97.2 cm³/mol. The number of hydrogen-bond acceptors (Lipinski definition) is 3. The number of amides is 4. The summed E-state index contributed by atoms with van der Waals surface area (Å²) in [7, 11) is 1.34. The lowest BCUT2D eigenvalue weighted by Crippen LogP contribution is -2.52. The number of barbiturate groups is 1. The van der Waals surface area contributed by atoms with E-state index >= 15 is 0 Å². The fraction of sp³-hybridized carbons (Fsp3) is 0.167. The summed E-state index contributed by atoms with van der Waals surface area (Å²) < 4.78 is 3.03. The molecular weight excluding hydrogens is 386 g/mol. The molecule has 0 unspecified atom stereocenters. The van der Waals surface area contributed by atoms with Crippen molar-refractivity contribution >= 4 is 39.9 Å². The molecule has 3 rings (SSSR count). The van der Waals surface area contributed by atoms with Crippen molar-refractivity contribution < 1.29 is 14.4 Å². The van der Waals surface area contributed by atoms with Gasteiger partial charge in [0.05, 0.1) is 0 Å². The van der Waals surface area contributed by atoms with E-state index in [0.29, 0.717) is 0 Å². The second kappa shape index (κ2) is 6.33. The van der Waals surface area contributed by atoms with Gasteiger partial charge in [-0.3, -0.25) is 19.8 Å². The zero-order valence-corrected chi connectivity index (χ0v) is 15.5. The summed E-state index contributed by atoms with van der Waals surface area (Å²) in [5.74, 6) is -1.29. The van der Waals surface area contributed by atoms with Gasteiger partial charge in [0, 0.05) is 28.6 Å². The van der Waals surface area contributed by atoms with E-state index in [1.54, 1.807) is 0 Å². The Morgan fingerprint density at radius 1 is 1.08 bits per heavy atom. The van der Waals surface area contributed by atoms with Gasteiger partial charge in [-0.25, -0.2) is 4.79 Å². The molecule has 1 saturated heterocycles. The Labute approximate surface area is 153 Å². The van der Waals surface area contributed by atoms with Crippen molar-refractivity contribution in [2.75, 3.05) is 7.05 Å². The van der Waals surface area contributed by atoms with E-state index in [2.05, 4.69) is 21.2 Å². The highest BCUT2D eigenvalue weighted by atomic mass is 79.9. The van der Waals surface area contributed by atoms with Crippen LogP contribution in [0, 0.1) is 13.8 Å². The number of halogens is 1. The Kier molecular flexibility index (Phi) is 4.34. The molecule has 25 heavy (non-hydrogen) atoms. The van der Waals surface area contributed by atoms with Crippen molar-refractivity contribution in [3.05, 3.63) is 57.3 Å². The Morgan fingerprint density at radius 3 is 2.36 bits per heavy atom. The van der Waals surface area contributed by atoms with Crippen LogP contribution in [0.3, 0.4) is 0 Å². The number of rotatable bonds is 2. The Balaban J connectivity index is 2.06. The maximum Gasteiger partial charge on any atom is 0.331 e. The standard InChI is InChI=1S/C18H16BrN3O3/c1-10-8-12(9-15-16(23)20-18(25)21(3)17(15)24)11(2)22(10)14-6-4-13(19)5-7-14/h4-9H,1-3H3,(H,20,23,25)/b15-9+. The average Bonchev–Trinajstić information content (AvgIpc) is 2.84. The number of carbonyl (C=O) groups excluding carboxylic acids is 3. The second-order valence-electron chi connectivity index (χ2n) is 5.82. The molecule has 0 aliphatic carbocycles. The molecule has 0 bridgehead atoms. The Hall–Kier alpha value is -2.67. The van der Waals surface area contributed by atoms with Crippen LogP contribution in [0.2, 0.25) is 0 Å². The van der Waals surface area contributed by atoms with E-state index in [1.165, 1.54) is 13.1 Å². The number of benzene rings is 1. The number of nitrogens with zero attached hydrogens (tertiary/aromatic N) is 2. The van der Waals surface area contributed by atoms with Gasteiger partial charge in [0.1, 0.15) is 5.57 Å². The van der Waals surface area contributed by atoms with E-state index < -0.39 is 17.8 Å². The lowest BCUT2D eigenvalue weighted by Gasteiger charge is -2.22. The monoisotopic (exact) mass is 401 g/mol. The minimum absolute atomic E-state index is 0.0573. The first kappa shape index (κ1) is 17.2.